The molecule has 104 valence electrons. The zero-order valence-corrected chi connectivity index (χ0v) is 12.9. The summed E-state index contributed by atoms with van der Waals surface area (Å²) in [5.74, 6) is 0. The highest BCUT2D eigenvalue weighted by atomic mass is 32.2. The number of rotatable bonds is 4. The lowest BCUT2D eigenvalue weighted by atomic mass is 10.0. The molecule has 2 heteroatoms. The Balaban J connectivity index is 2.02. The predicted octanol–water partition coefficient (Wildman–Crippen LogP) is 4.86. The normalized spacial score (nSPS) is 18.3. The summed E-state index contributed by atoms with van der Waals surface area (Å²) in [5, 5.41) is 0.835. The molecule has 1 aromatic carbocycles. The van der Waals surface area contributed by atoms with E-state index >= 15 is 0 Å². The fourth-order valence-electron chi connectivity index (χ4n) is 2.56. The van der Waals surface area contributed by atoms with E-state index in [2.05, 4.69) is 49.9 Å². The number of hydrogen-bond donors (Lipinski definition) is 1. The van der Waals surface area contributed by atoms with Crippen molar-refractivity contribution in [3.05, 3.63) is 35.4 Å². The Bertz CT molecular complexity index is 427. The number of nitrogens with two attached hydrogens (primary N) is 1. The molecule has 1 saturated carbocycles. The second-order valence-corrected chi connectivity index (χ2v) is 6.89. The Kier molecular flexibility index (Phi) is 5.53. The molecule has 0 bridgehead atoms. The van der Waals surface area contributed by atoms with Crippen LogP contribution in [0.25, 0.3) is 5.57 Å². The van der Waals surface area contributed by atoms with E-state index in [1.807, 2.05) is 0 Å². The quantitative estimate of drug-likeness (QED) is 0.849. The van der Waals surface area contributed by atoms with E-state index in [9.17, 15) is 0 Å². The highest BCUT2D eigenvalue weighted by molar-refractivity contribution is 8.00. The standard InChI is InChI=1S/C17H25NS/c1-13(12-18)14(2)15-8-10-17(11-9-15)19-16-6-4-3-5-7-16/h8-11,16H,3-7,12,18H2,1-2H3. The number of hydrogen-bond acceptors (Lipinski definition) is 2. The minimum Gasteiger partial charge on any atom is -0.327 e. The third-order valence-corrected chi connectivity index (χ3v) is 5.44. The van der Waals surface area contributed by atoms with Gasteiger partial charge in [-0.3, -0.25) is 0 Å². The number of allylic oxidation sites excluding steroid dienone is 1. The van der Waals surface area contributed by atoms with E-state index in [4.69, 9.17) is 5.73 Å². The average Bonchev–Trinajstić information content (AvgIpc) is 2.47. The smallest absolute Gasteiger partial charge is 0.0140 e. The maximum Gasteiger partial charge on any atom is 0.0140 e. The molecule has 2 rings (SSSR count). The van der Waals surface area contributed by atoms with Crippen molar-refractivity contribution >= 4 is 17.3 Å². The highest BCUT2D eigenvalue weighted by Gasteiger charge is 2.14. The predicted molar refractivity (Wildman–Crippen MR) is 86.5 cm³/mol. The summed E-state index contributed by atoms with van der Waals surface area (Å²) in [6.07, 6.45) is 7.02. The molecule has 1 aliphatic rings. The largest absolute Gasteiger partial charge is 0.327 e. The van der Waals surface area contributed by atoms with Crippen LogP contribution in [0.15, 0.2) is 34.7 Å². The summed E-state index contributed by atoms with van der Waals surface area (Å²) in [5.41, 5.74) is 9.59. The van der Waals surface area contributed by atoms with Gasteiger partial charge in [0.1, 0.15) is 0 Å². The molecule has 0 aromatic heterocycles. The number of benzene rings is 1. The van der Waals surface area contributed by atoms with Crippen LogP contribution in [0.2, 0.25) is 0 Å². The lowest BCUT2D eigenvalue weighted by Gasteiger charge is -2.21. The summed E-state index contributed by atoms with van der Waals surface area (Å²) in [4.78, 5) is 1.41. The van der Waals surface area contributed by atoms with E-state index in [0.29, 0.717) is 6.54 Å². The van der Waals surface area contributed by atoms with Gasteiger partial charge < -0.3 is 5.73 Å². The van der Waals surface area contributed by atoms with Gasteiger partial charge in [0.15, 0.2) is 0 Å². The van der Waals surface area contributed by atoms with Gasteiger partial charge >= 0.3 is 0 Å². The molecule has 19 heavy (non-hydrogen) atoms. The van der Waals surface area contributed by atoms with Crippen molar-refractivity contribution in [3.63, 3.8) is 0 Å². The molecule has 2 N–H and O–H groups in total. The molecule has 0 aliphatic heterocycles. The van der Waals surface area contributed by atoms with Crippen LogP contribution >= 0.6 is 11.8 Å². The van der Waals surface area contributed by atoms with E-state index in [0.717, 1.165) is 5.25 Å². The summed E-state index contributed by atoms with van der Waals surface area (Å²) >= 11 is 2.06. The molecule has 0 atom stereocenters. The fourth-order valence-corrected chi connectivity index (χ4v) is 3.81. The molecule has 0 radical (unpaired) electrons. The summed E-state index contributed by atoms with van der Waals surface area (Å²) in [6, 6.07) is 9.00. The topological polar surface area (TPSA) is 26.0 Å². The van der Waals surface area contributed by atoms with Gasteiger partial charge in [-0.15, -0.1) is 11.8 Å². The molecule has 0 heterocycles. The maximum absolute atomic E-state index is 5.70. The molecule has 1 aliphatic carbocycles. The first-order chi connectivity index (χ1) is 9.20. The van der Waals surface area contributed by atoms with Crippen LogP contribution in [0.5, 0.6) is 0 Å². The SMILES string of the molecule is CC(CN)=C(C)c1ccc(SC2CCCCC2)cc1. The second-order valence-electron chi connectivity index (χ2n) is 5.51. The van der Waals surface area contributed by atoms with E-state index in [1.54, 1.807) is 0 Å². The summed E-state index contributed by atoms with van der Waals surface area (Å²) in [7, 11) is 0. The molecule has 1 nitrogen and oxygen atoms in total. The van der Waals surface area contributed by atoms with Crippen LogP contribution < -0.4 is 5.73 Å². The van der Waals surface area contributed by atoms with Gasteiger partial charge in [0.25, 0.3) is 0 Å². The Morgan fingerprint density at radius 2 is 1.74 bits per heavy atom. The first-order valence-corrected chi connectivity index (χ1v) is 8.22. The van der Waals surface area contributed by atoms with Crippen molar-refractivity contribution in [2.75, 3.05) is 6.54 Å². The van der Waals surface area contributed by atoms with Gasteiger partial charge in [-0.2, -0.15) is 0 Å². The van der Waals surface area contributed by atoms with Crippen molar-refractivity contribution in [1.29, 1.82) is 0 Å². The lowest BCUT2D eigenvalue weighted by Crippen LogP contribution is -2.07. The first kappa shape index (κ1) is 14.7. The van der Waals surface area contributed by atoms with Gasteiger partial charge in [0.05, 0.1) is 0 Å². The molecular weight excluding hydrogens is 250 g/mol. The van der Waals surface area contributed by atoms with Crippen molar-refractivity contribution in [1.82, 2.24) is 0 Å². The van der Waals surface area contributed by atoms with Gasteiger partial charge in [0.2, 0.25) is 0 Å². The van der Waals surface area contributed by atoms with Gasteiger partial charge in [-0.25, -0.2) is 0 Å². The Morgan fingerprint density at radius 3 is 2.32 bits per heavy atom. The van der Waals surface area contributed by atoms with Crippen LogP contribution in [0.1, 0.15) is 51.5 Å². The Hall–Kier alpha value is -0.730. The van der Waals surface area contributed by atoms with Crippen LogP contribution in [-0.4, -0.2) is 11.8 Å². The average molecular weight is 275 g/mol. The Morgan fingerprint density at radius 1 is 1.11 bits per heavy atom. The molecule has 0 unspecified atom stereocenters. The monoisotopic (exact) mass is 275 g/mol. The lowest BCUT2D eigenvalue weighted by molar-refractivity contribution is 0.516. The number of thioether (sulfide) groups is 1. The zero-order chi connectivity index (χ0) is 13.7. The molecule has 1 aromatic rings. The maximum atomic E-state index is 5.70. The summed E-state index contributed by atoms with van der Waals surface area (Å²) < 4.78 is 0. The van der Waals surface area contributed by atoms with Crippen molar-refractivity contribution < 1.29 is 0 Å². The molecule has 0 spiro atoms. The summed E-state index contributed by atoms with van der Waals surface area (Å²) in [6.45, 7) is 4.91. The van der Waals surface area contributed by atoms with Crippen molar-refractivity contribution in [3.8, 4) is 0 Å². The van der Waals surface area contributed by atoms with Crippen LogP contribution in [-0.2, 0) is 0 Å². The van der Waals surface area contributed by atoms with E-state index < -0.39 is 0 Å². The van der Waals surface area contributed by atoms with Crippen LogP contribution in [0, 0.1) is 0 Å². The first-order valence-electron chi connectivity index (χ1n) is 7.34. The van der Waals surface area contributed by atoms with Crippen molar-refractivity contribution in [2.45, 2.75) is 56.1 Å². The molecule has 0 saturated heterocycles. The Labute approximate surface area is 121 Å². The minimum atomic E-state index is 0.643. The highest BCUT2D eigenvalue weighted by Crippen LogP contribution is 2.34. The van der Waals surface area contributed by atoms with Gasteiger partial charge in [-0.1, -0.05) is 37.0 Å². The fraction of sp³-hybridized carbons (Fsp3) is 0.529. The second kappa shape index (κ2) is 7.16. The molecule has 0 amide bonds. The molecular formula is C17H25NS. The van der Waals surface area contributed by atoms with Gasteiger partial charge in [-0.05, 0) is 50.0 Å². The minimum absolute atomic E-state index is 0.643. The third-order valence-electron chi connectivity index (χ3n) is 4.09. The van der Waals surface area contributed by atoms with Crippen LogP contribution in [0.3, 0.4) is 0 Å². The third kappa shape index (κ3) is 4.12. The van der Waals surface area contributed by atoms with Gasteiger partial charge in [0, 0.05) is 16.7 Å². The zero-order valence-electron chi connectivity index (χ0n) is 12.1. The molecule has 1 fully saturated rings. The van der Waals surface area contributed by atoms with Crippen molar-refractivity contribution in [2.24, 2.45) is 5.73 Å². The van der Waals surface area contributed by atoms with E-state index in [-0.39, 0.29) is 0 Å². The van der Waals surface area contributed by atoms with Crippen LogP contribution in [0.4, 0.5) is 0 Å². The van der Waals surface area contributed by atoms with E-state index in [1.165, 1.54) is 53.7 Å².